The van der Waals surface area contributed by atoms with Gasteiger partial charge in [-0.25, -0.2) is 8.42 Å². The molecule has 0 saturated heterocycles. The van der Waals surface area contributed by atoms with Crippen LogP contribution in [0, 0.1) is 27.7 Å². The molecule has 166 valence electrons. The molecular weight excluding hydrogens is 420 g/mol. The van der Waals surface area contributed by atoms with Crippen LogP contribution in [0.15, 0.2) is 59.6 Å². The molecule has 0 spiro atoms. The number of anilines is 1. The number of hydrogen-bond acceptors (Lipinski definition) is 4. The van der Waals surface area contributed by atoms with Gasteiger partial charge in [-0.15, -0.1) is 10.2 Å². The van der Waals surface area contributed by atoms with E-state index in [2.05, 4.69) is 10.2 Å². The Bertz CT molecular complexity index is 1410. The third kappa shape index (κ3) is 3.88. The zero-order valence-corrected chi connectivity index (χ0v) is 19.9. The number of rotatable bonds is 6. The third-order valence-electron chi connectivity index (χ3n) is 5.95. The summed E-state index contributed by atoms with van der Waals surface area (Å²) in [4.78, 5) is 0.149. The SMILES string of the molecule is CCc1nnc2c(S(=O)(=O)N(Cc3cc(C)ccc3C)c3ccc(C)c(C)c3)cccn12. The van der Waals surface area contributed by atoms with Crippen molar-refractivity contribution in [2.24, 2.45) is 0 Å². The Morgan fingerprint density at radius 1 is 0.906 bits per heavy atom. The van der Waals surface area contributed by atoms with Gasteiger partial charge in [0.1, 0.15) is 10.7 Å². The molecular formula is C25H28N4O2S. The Morgan fingerprint density at radius 3 is 2.38 bits per heavy atom. The van der Waals surface area contributed by atoms with Crippen LogP contribution in [0.2, 0.25) is 0 Å². The number of hydrogen-bond donors (Lipinski definition) is 0. The fourth-order valence-electron chi connectivity index (χ4n) is 3.82. The van der Waals surface area contributed by atoms with E-state index >= 15 is 0 Å². The predicted octanol–water partition coefficient (Wildman–Crippen LogP) is 4.92. The zero-order chi connectivity index (χ0) is 23.0. The number of fused-ring (bicyclic) bond motifs is 1. The Hall–Kier alpha value is -3.19. The molecule has 32 heavy (non-hydrogen) atoms. The number of benzene rings is 2. The van der Waals surface area contributed by atoms with Gasteiger partial charge in [-0.1, -0.05) is 36.8 Å². The highest BCUT2D eigenvalue weighted by Gasteiger charge is 2.29. The summed E-state index contributed by atoms with van der Waals surface area (Å²) in [5, 5.41) is 8.39. The van der Waals surface area contributed by atoms with Gasteiger partial charge in [0.25, 0.3) is 10.0 Å². The molecule has 2 heterocycles. The van der Waals surface area contributed by atoms with Crippen molar-refractivity contribution in [1.29, 1.82) is 0 Å². The highest BCUT2D eigenvalue weighted by molar-refractivity contribution is 7.93. The van der Waals surface area contributed by atoms with Crippen LogP contribution in [0.25, 0.3) is 5.65 Å². The second-order valence-corrected chi connectivity index (χ2v) is 10.1. The van der Waals surface area contributed by atoms with Gasteiger partial charge >= 0.3 is 0 Å². The molecule has 0 atom stereocenters. The smallest absolute Gasteiger partial charge is 0.268 e. The Kier molecular flexibility index (Phi) is 5.77. The maximum absolute atomic E-state index is 14.1. The first-order valence-electron chi connectivity index (χ1n) is 10.7. The highest BCUT2D eigenvalue weighted by Crippen LogP contribution is 2.30. The quantitative estimate of drug-likeness (QED) is 0.420. The van der Waals surface area contributed by atoms with Crippen molar-refractivity contribution in [1.82, 2.24) is 14.6 Å². The number of pyridine rings is 1. The monoisotopic (exact) mass is 448 g/mol. The van der Waals surface area contributed by atoms with Crippen molar-refractivity contribution in [3.05, 3.63) is 88.4 Å². The number of sulfonamides is 1. The van der Waals surface area contributed by atoms with Crippen LogP contribution >= 0.6 is 0 Å². The number of aryl methyl sites for hydroxylation is 5. The van der Waals surface area contributed by atoms with Crippen molar-refractivity contribution >= 4 is 21.4 Å². The molecule has 0 aliphatic heterocycles. The van der Waals surface area contributed by atoms with Gasteiger partial charge in [0.15, 0.2) is 5.65 Å². The van der Waals surface area contributed by atoms with E-state index in [1.807, 2.05) is 71.0 Å². The van der Waals surface area contributed by atoms with Crippen LogP contribution in [0.1, 0.15) is 40.6 Å². The highest BCUT2D eigenvalue weighted by atomic mass is 32.2. The molecule has 0 N–H and O–H groups in total. The average Bonchev–Trinajstić information content (AvgIpc) is 3.19. The Labute approximate surface area is 189 Å². The lowest BCUT2D eigenvalue weighted by Gasteiger charge is -2.26. The van der Waals surface area contributed by atoms with Crippen molar-refractivity contribution in [2.75, 3.05) is 4.31 Å². The van der Waals surface area contributed by atoms with Crippen LogP contribution in [0.5, 0.6) is 0 Å². The molecule has 2 aromatic heterocycles. The number of nitrogens with zero attached hydrogens (tertiary/aromatic N) is 4. The minimum Gasteiger partial charge on any atom is -0.285 e. The van der Waals surface area contributed by atoms with Gasteiger partial charge in [-0.3, -0.25) is 8.71 Å². The summed E-state index contributed by atoms with van der Waals surface area (Å²) in [6.45, 7) is 10.2. The Morgan fingerprint density at radius 2 is 1.66 bits per heavy atom. The second-order valence-electron chi connectivity index (χ2n) is 8.25. The van der Waals surface area contributed by atoms with E-state index in [-0.39, 0.29) is 11.4 Å². The molecule has 0 bridgehead atoms. The van der Waals surface area contributed by atoms with Gasteiger partial charge in [-0.2, -0.15) is 0 Å². The maximum atomic E-state index is 14.1. The van der Waals surface area contributed by atoms with Crippen molar-refractivity contribution in [3.63, 3.8) is 0 Å². The molecule has 4 rings (SSSR count). The largest absolute Gasteiger partial charge is 0.285 e. The normalized spacial score (nSPS) is 11.8. The van der Waals surface area contributed by atoms with Gasteiger partial charge in [-0.05, 0) is 74.2 Å². The number of aromatic nitrogens is 3. The fourth-order valence-corrected chi connectivity index (χ4v) is 5.38. The Balaban J connectivity index is 1.92. The average molecular weight is 449 g/mol. The van der Waals surface area contributed by atoms with Gasteiger partial charge in [0.2, 0.25) is 0 Å². The summed E-state index contributed by atoms with van der Waals surface area (Å²) in [5.41, 5.74) is 6.24. The van der Waals surface area contributed by atoms with E-state index in [9.17, 15) is 8.42 Å². The lowest BCUT2D eigenvalue weighted by atomic mass is 10.1. The first-order chi connectivity index (χ1) is 15.2. The lowest BCUT2D eigenvalue weighted by molar-refractivity contribution is 0.590. The molecule has 0 aliphatic carbocycles. The van der Waals surface area contributed by atoms with E-state index in [0.717, 1.165) is 33.6 Å². The molecule has 0 unspecified atom stereocenters. The first kappa shape index (κ1) is 22.0. The molecule has 4 aromatic rings. The van der Waals surface area contributed by atoms with Crippen molar-refractivity contribution in [2.45, 2.75) is 52.5 Å². The standard InChI is InChI=1S/C25H28N4O2S/c1-6-24-26-27-25-23(8-7-13-28(24)25)32(30,31)29(22-12-11-18(3)20(5)15-22)16-21-14-17(2)9-10-19(21)4/h7-15H,6,16H2,1-5H3. The molecule has 0 radical (unpaired) electrons. The lowest BCUT2D eigenvalue weighted by Crippen LogP contribution is -2.31. The van der Waals surface area contributed by atoms with Crippen LogP contribution in [-0.4, -0.2) is 23.0 Å². The molecule has 6 nitrogen and oxygen atoms in total. The molecule has 0 amide bonds. The second kappa shape index (κ2) is 8.39. The molecule has 0 aliphatic rings. The maximum Gasteiger partial charge on any atom is 0.268 e. The summed E-state index contributed by atoms with van der Waals surface area (Å²) in [6, 6.07) is 15.2. The third-order valence-corrected chi connectivity index (χ3v) is 7.75. The van der Waals surface area contributed by atoms with Gasteiger partial charge in [0.05, 0.1) is 12.2 Å². The van der Waals surface area contributed by atoms with Crippen molar-refractivity contribution in [3.8, 4) is 0 Å². The van der Waals surface area contributed by atoms with E-state index in [1.165, 1.54) is 4.31 Å². The van der Waals surface area contributed by atoms with Crippen LogP contribution < -0.4 is 4.31 Å². The summed E-state index contributed by atoms with van der Waals surface area (Å²) >= 11 is 0. The first-order valence-corrected chi connectivity index (χ1v) is 12.1. The van der Waals surface area contributed by atoms with Crippen LogP contribution in [0.4, 0.5) is 5.69 Å². The molecule has 7 heteroatoms. The summed E-state index contributed by atoms with van der Waals surface area (Å²) < 4.78 is 31.4. The van der Waals surface area contributed by atoms with E-state index < -0.39 is 10.0 Å². The minimum absolute atomic E-state index is 0.149. The minimum atomic E-state index is -3.92. The van der Waals surface area contributed by atoms with Crippen LogP contribution in [-0.2, 0) is 23.0 Å². The van der Waals surface area contributed by atoms with E-state index in [1.54, 1.807) is 22.7 Å². The summed E-state index contributed by atoms with van der Waals surface area (Å²) in [7, 11) is -3.92. The molecule has 0 fully saturated rings. The fraction of sp³-hybridized carbons (Fsp3) is 0.280. The summed E-state index contributed by atoms with van der Waals surface area (Å²) in [5.74, 6) is 0.726. The van der Waals surface area contributed by atoms with Crippen molar-refractivity contribution < 1.29 is 8.42 Å². The zero-order valence-electron chi connectivity index (χ0n) is 19.1. The van der Waals surface area contributed by atoms with E-state index in [4.69, 9.17) is 0 Å². The molecule has 0 saturated carbocycles. The van der Waals surface area contributed by atoms with Crippen LogP contribution in [0.3, 0.4) is 0 Å². The van der Waals surface area contributed by atoms with E-state index in [0.29, 0.717) is 17.8 Å². The molecule has 2 aromatic carbocycles. The predicted molar refractivity (Wildman–Crippen MR) is 128 cm³/mol. The summed E-state index contributed by atoms with van der Waals surface area (Å²) in [6.07, 6.45) is 2.46. The van der Waals surface area contributed by atoms with Gasteiger partial charge < -0.3 is 0 Å². The topological polar surface area (TPSA) is 67.6 Å². The van der Waals surface area contributed by atoms with Gasteiger partial charge in [0, 0.05) is 12.6 Å².